The quantitative estimate of drug-likeness (QED) is 0.917. The lowest BCUT2D eigenvalue weighted by Gasteiger charge is -2.21. The fourth-order valence-corrected chi connectivity index (χ4v) is 3.87. The van der Waals surface area contributed by atoms with Crippen LogP contribution in [0.3, 0.4) is 0 Å². The average molecular weight is 324 g/mol. The van der Waals surface area contributed by atoms with Gasteiger partial charge in [0.25, 0.3) is 0 Å². The summed E-state index contributed by atoms with van der Waals surface area (Å²) in [5.74, 6) is 2.93. The fourth-order valence-electron chi connectivity index (χ4n) is 3.87. The number of pyridine rings is 1. The zero-order valence-electron chi connectivity index (χ0n) is 14.3. The van der Waals surface area contributed by atoms with Crippen LogP contribution in [0.25, 0.3) is 5.57 Å². The molecule has 1 saturated heterocycles. The maximum atomic E-state index is 9.28. The Morgan fingerprint density at radius 2 is 2.08 bits per heavy atom. The van der Waals surface area contributed by atoms with Gasteiger partial charge in [0.15, 0.2) is 0 Å². The molecule has 2 aliphatic rings. The van der Waals surface area contributed by atoms with E-state index in [2.05, 4.69) is 35.6 Å². The predicted molar refractivity (Wildman–Crippen MR) is 94.8 cm³/mol. The standard InChI is InChI=1S/C19H24N4O/c1-12(2)15-6-20-23(8-15)7-14-4-5-19(21-13(14)3)22-9-16-17(10-22)18(16)11-24/h4-6,8,16-18,24H,1,7,9-11H2,2-3H3/t16-,17+,18?. The highest BCUT2D eigenvalue weighted by Crippen LogP contribution is 2.51. The van der Waals surface area contributed by atoms with E-state index in [1.807, 2.05) is 24.0 Å². The van der Waals surface area contributed by atoms with Crippen LogP contribution in [0, 0.1) is 24.7 Å². The number of anilines is 1. The van der Waals surface area contributed by atoms with Crippen LogP contribution in [0.15, 0.2) is 31.1 Å². The van der Waals surface area contributed by atoms with Crippen LogP contribution in [0.5, 0.6) is 0 Å². The van der Waals surface area contributed by atoms with Gasteiger partial charge in [-0.25, -0.2) is 4.98 Å². The van der Waals surface area contributed by atoms with Crippen molar-refractivity contribution in [3.8, 4) is 0 Å². The Kier molecular flexibility index (Phi) is 3.68. The Hall–Kier alpha value is -2.14. The van der Waals surface area contributed by atoms with Gasteiger partial charge in [-0.1, -0.05) is 12.6 Å². The number of piperidine rings is 1. The summed E-state index contributed by atoms with van der Waals surface area (Å²) in [6.45, 7) is 11.1. The topological polar surface area (TPSA) is 54.2 Å². The largest absolute Gasteiger partial charge is 0.396 e. The van der Waals surface area contributed by atoms with Crippen molar-refractivity contribution in [2.24, 2.45) is 17.8 Å². The smallest absolute Gasteiger partial charge is 0.128 e. The molecule has 5 nitrogen and oxygen atoms in total. The molecule has 1 aliphatic heterocycles. The van der Waals surface area contributed by atoms with Gasteiger partial charge >= 0.3 is 0 Å². The second-order valence-corrected chi connectivity index (χ2v) is 7.20. The second kappa shape index (κ2) is 5.74. The summed E-state index contributed by atoms with van der Waals surface area (Å²) in [5, 5.41) is 13.7. The second-order valence-electron chi connectivity index (χ2n) is 7.20. The van der Waals surface area contributed by atoms with E-state index in [-0.39, 0.29) is 0 Å². The third-order valence-corrected chi connectivity index (χ3v) is 5.55. The van der Waals surface area contributed by atoms with E-state index < -0.39 is 0 Å². The van der Waals surface area contributed by atoms with Gasteiger partial charge in [-0.05, 0) is 48.8 Å². The number of aliphatic hydroxyl groups excluding tert-OH is 1. The first-order valence-electron chi connectivity index (χ1n) is 8.57. The van der Waals surface area contributed by atoms with Gasteiger partial charge in [0.05, 0.1) is 12.7 Å². The van der Waals surface area contributed by atoms with E-state index in [1.165, 1.54) is 5.56 Å². The summed E-state index contributed by atoms with van der Waals surface area (Å²) in [7, 11) is 0. The summed E-state index contributed by atoms with van der Waals surface area (Å²) in [4.78, 5) is 7.16. The zero-order chi connectivity index (χ0) is 16.8. The molecule has 1 unspecified atom stereocenters. The number of nitrogens with zero attached hydrogens (tertiary/aromatic N) is 4. The van der Waals surface area contributed by atoms with Crippen LogP contribution in [0.2, 0.25) is 0 Å². The van der Waals surface area contributed by atoms with Gasteiger partial charge in [-0.2, -0.15) is 5.10 Å². The summed E-state index contributed by atoms with van der Waals surface area (Å²) in [5.41, 5.74) is 4.35. The van der Waals surface area contributed by atoms with E-state index >= 15 is 0 Å². The minimum Gasteiger partial charge on any atom is -0.396 e. The lowest BCUT2D eigenvalue weighted by atomic mass is 10.2. The molecule has 24 heavy (non-hydrogen) atoms. The predicted octanol–water partition coefficient (Wildman–Crippen LogP) is 2.34. The van der Waals surface area contributed by atoms with Crippen molar-refractivity contribution in [2.45, 2.75) is 20.4 Å². The Bertz CT molecular complexity index is 769. The number of allylic oxidation sites excluding steroid dienone is 1. The highest BCUT2D eigenvalue weighted by Gasteiger charge is 2.55. The Morgan fingerprint density at radius 1 is 1.33 bits per heavy atom. The van der Waals surface area contributed by atoms with E-state index in [9.17, 15) is 5.11 Å². The SMILES string of the molecule is C=C(C)c1cnn(Cc2ccc(N3C[C@@H]4C(CO)[C@@H]4C3)nc2C)c1. The van der Waals surface area contributed by atoms with E-state index in [0.717, 1.165) is 42.3 Å². The summed E-state index contributed by atoms with van der Waals surface area (Å²) in [6, 6.07) is 4.28. The molecular formula is C19H24N4O. The molecule has 4 rings (SSSR count). The number of aryl methyl sites for hydroxylation is 1. The van der Waals surface area contributed by atoms with Crippen molar-refractivity contribution in [3.05, 3.63) is 47.9 Å². The molecule has 1 saturated carbocycles. The van der Waals surface area contributed by atoms with Crippen molar-refractivity contribution in [2.75, 3.05) is 24.6 Å². The number of rotatable bonds is 5. The van der Waals surface area contributed by atoms with Crippen LogP contribution in [-0.4, -0.2) is 39.6 Å². The fraction of sp³-hybridized carbons (Fsp3) is 0.474. The van der Waals surface area contributed by atoms with Crippen LogP contribution < -0.4 is 4.90 Å². The lowest BCUT2D eigenvalue weighted by Crippen LogP contribution is -2.25. The first kappa shape index (κ1) is 15.4. The molecule has 0 spiro atoms. The molecule has 2 aromatic rings. The molecule has 2 aromatic heterocycles. The monoisotopic (exact) mass is 324 g/mol. The third kappa shape index (κ3) is 2.63. The van der Waals surface area contributed by atoms with Crippen molar-refractivity contribution < 1.29 is 5.11 Å². The van der Waals surface area contributed by atoms with Crippen molar-refractivity contribution in [1.82, 2.24) is 14.8 Å². The molecule has 2 fully saturated rings. The molecule has 0 radical (unpaired) electrons. The molecular weight excluding hydrogens is 300 g/mol. The first-order valence-corrected chi connectivity index (χ1v) is 8.57. The normalized spacial score (nSPS) is 25.0. The van der Waals surface area contributed by atoms with Gasteiger partial charge in [0.2, 0.25) is 0 Å². The van der Waals surface area contributed by atoms with E-state index in [0.29, 0.717) is 24.4 Å². The van der Waals surface area contributed by atoms with Crippen LogP contribution in [0.1, 0.15) is 23.7 Å². The molecule has 1 N–H and O–H groups in total. The van der Waals surface area contributed by atoms with Gasteiger partial charge < -0.3 is 10.0 Å². The lowest BCUT2D eigenvalue weighted by molar-refractivity contribution is 0.260. The molecule has 0 aromatic carbocycles. The zero-order valence-corrected chi connectivity index (χ0v) is 14.3. The van der Waals surface area contributed by atoms with Gasteiger partial charge in [-0.15, -0.1) is 0 Å². The number of aromatic nitrogens is 3. The van der Waals surface area contributed by atoms with Crippen molar-refractivity contribution in [3.63, 3.8) is 0 Å². The summed E-state index contributed by atoms with van der Waals surface area (Å²) in [6.07, 6.45) is 3.88. The highest BCUT2D eigenvalue weighted by atomic mass is 16.3. The Balaban J connectivity index is 1.45. The maximum Gasteiger partial charge on any atom is 0.128 e. The Labute approximate surface area is 142 Å². The first-order chi connectivity index (χ1) is 11.6. The molecule has 3 atom stereocenters. The van der Waals surface area contributed by atoms with E-state index in [1.54, 1.807) is 0 Å². The van der Waals surface area contributed by atoms with Crippen molar-refractivity contribution >= 4 is 11.4 Å². The molecule has 0 bridgehead atoms. The summed E-state index contributed by atoms with van der Waals surface area (Å²) < 4.78 is 1.94. The average Bonchev–Trinajstić information content (AvgIpc) is 2.95. The number of aliphatic hydroxyl groups is 1. The van der Waals surface area contributed by atoms with Crippen molar-refractivity contribution in [1.29, 1.82) is 0 Å². The molecule has 3 heterocycles. The van der Waals surface area contributed by atoms with Gasteiger partial charge in [0, 0.05) is 37.2 Å². The Morgan fingerprint density at radius 3 is 2.67 bits per heavy atom. The van der Waals surface area contributed by atoms with Crippen LogP contribution in [0.4, 0.5) is 5.82 Å². The molecule has 126 valence electrons. The summed E-state index contributed by atoms with van der Waals surface area (Å²) >= 11 is 0. The maximum absolute atomic E-state index is 9.28. The van der Waals surface area contributed by atoms with Crippen LogP contribution in [-0.2, 0) is 6.54 Å². The molecule has 0 amide bonds. The van der Waals surface area contributed by atoms with Gasteiger partial charge in [0.1, 0.15) is 5.82 Å². The minimum absolute atomic E-state index is 0.338. The number of hydrogen-bond donors (Lipinski definition) is 1. The number of fused-ring (bicyclic) bond motifs is 1. The molecule has 5 heteroatoms. The number of hydrogen-bond acceptors (Lipinski definition) is 4. The van der Waals surface area contributed by atoms with Gasteiger partial charge in [-0.3, -0.25) is 4.68 Å². The third-order valence-electron chi connectivity index (χ3n) is 5.55. The van der Waals surface area contributed by atoms with Crippen LogP contribution >= 0.6 is 0 Å². The molecule has 1 aliphatic carbocycles. The van der Waals surface area contributed by atoms with E-state index in [4.69, 9.17) is 4.98 Å². The minimum atomic E-state index is 0.338. The highest BCUT2D eigenvalue weighted by molar-refractivity contribution is 5.59.